The first kappa shape index (κ1) is 13.5. The molecule has 0 aromatic heterocycles. The van der Waals surface area contributed by atoms with Crippen molar-refractivity contribution >= 4 is 34.2 Å². The smallest absolute Gasteiger partial charge is 0.255 e. The minimum atomic E-state index is 0. The molecule has 5 heteroatoms. The summed E-state index contributed by atoms with van der Waals surface area (Å²) < 4.78 is 0.843. The van der Waals surface area contributed by atoms with Crippen LogP contribution in [-0.4, -0.2) is 29.9 Å². The van der Waals surface area contributed by atoms with Crippen molar-refractivity contribution in [3.8, 4) is 0 Å². The van der Waals surface area contributed by atoms with Crippen LogP contribution < -0.4 is 5.73 Å². The molecular weight excluding hydrogens is 291 g/mol. The van der Waals surface area contributed by atoms with E-state index in [2.05, 4.69) is 15.9 Å². The van der Waals surface area contributed by atoms with E-state index in [0.717, 1.165) is 17.4 Å². The fourth-order valence-electron chi connectivity index (χ4n) is 1.78. The van der Waals surface area contributed by atoms with Gasteiger partial charge in [-0.2, -0.15) is 0 Å². The van der Waals surface area contributed by atoms with Crippen LogP contribution in [-0.2, 0) is 0 Å². The van der Waals surface area contributed by atoms with Crippen molar-refractivity contribution in [1.82, 2.24) is 4.90 Å². The third kappa shape index (κ3) is 2.75. The van der Waals surface area contributed by atoms with Crippen LogP contribution in [0.5, 0.6) is 0 Å². The molecule has 0 unspecified atom stereocenters. The van der Waals surface area contributed by atoms with E-state index in [1.54, 1.807) is 0 Å². The van der Waals surface area contributed by atoms with Crippen LogP contribution in [0, 0.1) is 0 Å². The number of hydrogen-bond donors (Lipinski definition) is 1. The van der Waals surface area contributed by atoms with E-state index < -0.39 is 0 Å². The number of nitrogens with zero attached hydrogens (tertiary/aromatic N) is 1. The lowest BCUT2D eigenvalue weighted by molar-refractivity contribution is 0.0790. The molecule has 1 amide bonds. The Morgan fingerprint density at radius 1 is 1.44 bits per heavy atom. The molecule has 0 radical (unpaired) electrons. The molecule has 3 nitrogen and oxygen atoms in total. The van der Waals surface area contributed by atoms with Crippen molar-refractivity contribution in [3.63, 3.8) is 0 Å². The van der Waals surface area contributed by atoms with Crippen LogP contribution in [0.4, 0.5) is 0 Å². The summed E-state index contributed by atoms with van der Waals surface area (Å²) in [6.07, 6.45) is 0.899. The van der Waals surface area contributed by atoms with Crippen molar-refractivity contribution in [3.05, 3.63) is 34.3 Å². The maximum atomic E-state index is 12.1. The molecule has 0 bridgehead atoms. The normalized spacial score (nSPS) is 19.4. The Balaban J connectivity index is 0.00000128. The van der Waals surface area contributed by atoms with Gasteiger partial charge in [-0.1, -0.05) is 12.1 Å². The lowest BCUT2D eigenvalue weighted by Crippen LogP contribution is -2.32. The summed E-state index contributed by atoms with van der Waals surface area (Å²) in [5, 5.41) is 0. The first-order valence-electron chi connectivity index (χ1n) is 4.98. The van der Waals surface area contributed by atoms with Gasteiger partial charge in [-0.25, -0.2) is 0 Å². The number of nitrogens with two attached hydrogens (primary N) is 1. The van der Waals surface area contributed by atoms with E-state index in [4.69, 9.17) is 5.73 Å². The number of likely N-dealkylation sites (tertiary alicyclic amines) is 1. The molecule has 1 aliphatic heterocycles. The van der Waals surface area contributed by atoms with Crippen molar-refractivity contribution in [2.75, 3.05) is 13.1 Å². The number of carbonyl (C=O) groups excluding carboxylic acids is 1. The molecule has 1 aromatic rings. The molecule has 1 saturated heterocycles. The Labute approximate surface area is 110 Å². The van der Waals surface area contributed by atoms with E-state index in [-0.39, 0.29) is 24.4 Å². The minimum Gasteiger partial charge on any atom is -0.337 e. The van der Waals surface area contributed by atoms with E-state index in [0.29, 0.717) is 12.1 Å². The molecular formula is C11H14BrClN2O. The van der Waals surface area contributed by atoms with Gasteiger partial charge < -0.3 is 10.6 Å². The first-order chi connectivity index (χ1) is 7.18. The zero-order valence-corrected chi connectivity index (χ0v) is 11.1. The summed E-state index contributed by atoms with van der Waals surface area (Å²) in [7, 11) is 0. The predicted octanol–water partition coefficient (Wildman–Crippen LogP) is 2.04. The number of hydrogen-bond acceptors (Lipinski definition) is 2. The van der Waals surface area contributed by atoms with Crippen molar-refractivity contribution < 1.29 is 4.79 Å². The van der Waals surface area contributed by atoms with Crippen LogP contribution in [0.1, 0.15) is 16.8 Å². The number of amides is 1. The van der Waals surface area contributed by atoms with Gasteiger partial charge in [0.2, 0.25) is 0 Å². The Hall–Kier alpha value is -0.580. The van der Waals surface area contributed by atoms with Gasteiger partial charge in [-0.05, 0) is 34.5 Å². The van der Waals surface area contributed by atoms with Crippen molar-refractivity contribution in [1.29, 1.82) is 0 Å². The van der Waals surface area contributed by atoms with Crippen molar-refractivity contribution in [2.45, 2.75) is 12.5 Å². The highest BCUT2D eigenvalue weighted by molar-refractivity contribution is 9.10. The maximum Gasteiger partial charge on any atom is 0.255 e. The summed E-state index contributed by atoms with van der Waals surface area (Å²) in [5.41, 5.74) is 6.49. The zero-order chi connectivity index (χ0) is 10.8. The second-order valence-electron chi connectivity index (χ2n) is 3.78. The molecule has 0 saturated carbocycles. The third-order valence-corrected chi connectivity index (χ3v) is 3.31. The minimum absolute atomic E-state index is 0. The topological polar surface area (TPSA) is 46.3 Å². The molecule has 1 fully saturated rings. The number of benzene rings is 1. The number of halogens is 2. The lowest BCUT2D eigenvalue weighted by Gasteiger charge is -2.16. The summed E-state index contributed by atoms with van der Waals surface area (Å²) >= 11 is 3.38. The van der Waals surface area contributed by atoms with Crippen LogP contribution >= 0.6 is 28.3 Å². The fraction of sp³-hybridized carbons (Fsp3) is 0.364. The van der Waals surface area contributed by atoms with E-state index >= 15 is 0 Å². The van der Waals surface area contributed by atoms with E-state index in [1.807, 2.05) is 29.2 Å². The Kier molecular flexibility index (Phi) is 4.77. The highest BCUT2D eigenvalue weighted by Crippen LogP contribution is 2.19. The van der Waals surface area contributed by atoms with Gasteiger partial charge in [0.05, 0.1) is 5.56 Å². The Morgan fingerprint density at radius 3 is 2.69 bits per heavy atom. The van der Waals surface area contributed by atoms with Gasteiger partial charge in [-0.3, -0.25) is 4.79 Å². The highest BCUT2D eigenvalue weighted by Gasteiger charge is 2.25. The van der Waals surface area contributed by atoms with Gasteiger partial charge in [0.15, 0.2) is 0 Å². The lowest BCUT2D eigenvalue weighted by atomic mass is 10.2. The quantitative estimate of drug-likeness (QED) is 0.863. The number of rotatable bonds is 1. The molecule has 1 aromatic carbocycles. The van der Waals surface area contributed by atoms with E-state index in [1.165, 1.54) is 0 Å². The molecule has 2 rings (SSSR count). The molecule has 1 heterocycles. The van der Waals surface area contributed by atoms with Crippen LogP contribution in [0.25, 0.3) is 0 Å². The van der Waals surface area contributed by atoms with Gasteiger partial charge in [0.1, 0.15) is 0 Å². The van der Waals surface area contributed by atoms with Crippen molar-refractivity contribution in [2.24, 2.45) is 5.73 Å². The summed E-state index contributed by atoms with van der Waals surface area (Å²) in [4.78, 5) is 13.9. The fourth-order valence-corrected chi connectivity index (χ4v) is 2.23. The molecule has 0 spiro atoms. The largest absolute Gasteiger partial charge is 0.337 e. The Morgan fingerprint density at radius 2 is 2.12 bits per heavy atom. The number of carbonyl (C=O) groups is 1. The SMILES string of the molecule is Cl.N[C@H]1CCN(C(=O)c2ccccc2Br)C1. The van der Waals surface area contributed by atoms with Crippen LogP contribution in [0.2, 0.25) is 0 Å². The summed E-state index contributed by atoms with van der Waals surface area (Å²) in [6, 6.07) is 7.61. The standard InChI is InChI=1S/C11H13BrN2O.ClH/c12-10-4-2-1-3-9(10)11(15)14-6-5-8(13)7-14;/h1-4,8H,5-7,13H2;1H/t8-;/m0./s1. The summed E-state index contributed by atoms with van der Waals surface area (Å²) in [6.45, 7) is 1.43. The van der Waals surface area contributed by atoms with Crippen LogP contribution in [0.3, 0.4) is 0 Å². The molecule has 16 heavy (non-hydrogen) atoms. The second-order valence-corrected chi connectivity index (χ2v) is 4.63. The average Bonchev–Trinajstić information content (AvgIpc) is 2.65. The van der Waals surface area contributed by atoms with Gasteiger partial charge in [-0.15, -0.1) is 12.4 Å². The molecule has 1 atom stereocenters. The van der Waals surface area contributed by atoms with E-state index in [9.17, 15) is 4.79 Å². The third-order valence-electron chi connectivity index (χ3n) is 2.62. The second kappa shape index (κ2) is 5.66. The average molecular weight is 306 g/mol. The molecule has 1 aliphatic rings. The first-order valence-corrected chi connectivity index (χ1v) is 5.77. The van der Waals surface area contributed by atoms with Crippen LogP contribution in [0.15, 0.2) is 28.7 Å². The van der Waals surface area contributed by atoms with Gasteiger partial charge >= 0.3 is 0 Å². The zero-order valence-electron chi connectivity index (χ0n) is 8.73. The maximum absolute atomic E-state index is 12.1. The predicted molar refractivity (Wildman–Crippen MR) is 69.9 cm³/mol. The highest BCUT2D eigenvalue weighted by atomic mass is 79.9. The molecule has 2 N–H and O–H groups in total. The monoisotopic (exact) mass is 304 g/mol. The van der Waals surface area contributed by atoms with Gasteiger partial charge in [0.25, 0.3) is 5.91 Å². The molecule has 88 valence electrons. The Bertz CT molecular complexity index is 386. The summed E-state index contributed by atoms with van der Waals surface area (Å²) in [5.74, 6) is 0.0652. The van der Waals surface area contributed by atoms with Gasteiger partial charge in [0, 0.05) is 23.6 Å². The molecule has 0 aliphatic carbocycles.